The normalized spacial score (nSPS) is 14.2. The number of carbonyl (C=O) groups is 2. The summed E-state index contributed by atoms with van der Waals surface area (Å²) in [5.74, 6) is 1.01. The van der Waals surface area contributed by atoms with E-state index in [0.29, 0.717) is 17.9 Å². The lowest BCUT2D eigenvalue weighted by Crippen LogP contribution is -2.47. The number of ether oxygens (including phenoxy) is 1. The molecule has 1 aliphatic rings. The van der Waals surface area contributed by atoms with Crippen LogP contribution in [0.3, 0.4) is 0 Å². The molecule has 9 heteroatoms. The molecule has 2 heterocycles. The third-order valence-electron chi connectivity index (χ3n) is 5.10. The number of nitrogens with zero attached hydrogens (tertiary/aromatic N) is 5. The highest BCUT2D eigenvalue weighted by atomic mass is 16.5. The number of amides is 2. The largest absolute Gasteiger partial charge is 0.484 e. The molecule has 1 N–H and O–H groups in total. The number of hydrogen-bond donors (Lipinski definition) is 1. The molecule has 166 valence electrons. The van der Waals surface area contributed by atoms with E-state index in [1.807, 2.05) is 6.07 Å². The summed E-state index contributed by atoms with van der Waals surface area (Å²) in [6.07, 6.45) is 4.41. The molecule has 0 unspecified atom stereocenters. The highest BCUT2D eigenvalue weighted by Gasteiger charge is 2.18. The highest BCUT2D eigenvalue weighted by molar-refractivity contribution is 5.94. The van der Waals surface area contributed by atoms with Crippen LogP contribution in [-0.2, 0) is 4.79 Å². The molecular weight excluding hydrogens is 396 g/mol. The number of rotatable bonds is 9. The maximum absolute atomic E-state index is 12.4. The van der Waals surface area contributed by atoms with Gasteiger partial charge in [-0.2, -0.15) is 0 Å². The van der Waals surface area contributed by atoms with Crippen LogP contribution in [0.5, 0.6) is 5.75 Å². The van der Waals surface area contributed by atoms with Crippen molar-refractivity contribution in [1.82, 2.24) is 25.1 Å². The number of carbonyl (C=O) groups excluding carboxylic acids is 2. The van der Waals surface area contributed by atoms with E-state index < -0.39 is 0 Å². The van der Waals surface area contributed by atoms with E-state index in [0.717, 1.165) is 45.1 Å². The molecule has 1 fully saturated rings. The molecule has 2 amide bonds. The molecular formula is C22H30N6O3. The summed E-state index contributed by atoms with van der Waals surface area (Å²) in [7, 11) is 3.35. The van der Waals surface area contributed by atoms with E-state index in [9.17, 15) is 9.59 Å². The number of benzene rings is 1. The Kier molecular flexibility index (Phi) is 8.17. The molecule has 1 aliphatic heterocycles. The van der Waals surface area contributed by atoms with Crippen LogP contribution in [0.2, 0.25) is 0 Å². The lowest BCUT2D eigenvalue weighted by molar-refractivity contribution is -0.130. The Balaban J connectivity index is 1.35. The first kappa shape index (κ1) is 22.5. The van der Waals surface area contributed by atoms with Crippen molar-refractivity contribution in [3.8, 4) is 5.75 Å². The van der Waals surface area contributed by atoms with Gasteiger partial charge >= 0.3 is 0 Å². The molecule has 9 nitrogen and oxygen atoms in total. The molecule has 1 saturated heterocycles. The average Bonchev–Trinajstić information content (AvgIpc) is 2.81. The second kappa shape index (κ2) is 11.3. The van der Waals surface area contributed by atoms with Gasteiger partial charge in [0.25, 0.3) is 11.8 Å². The van der Waals surface area contributed by atoms with Gasteiger partial charge in [0.15, 0.2) is 6.61 Å². The zero-order valence-electron chi connectivity index (χ0n) is 18.2. The van der Waals surface area contributed by atoms with Gasteiger partial charge in [-0.1, -0.05) is 6.07 Å². The van der Waals surface area contributed by atoms with Crippen molar-refractivity contribution < 1.29 is 14.3 Å². The predicted molar refractivity (Wildman–Crippen MR) is 118 cm³/mol. The van der Waals surface area contributed by atoms with Crippen molar-refractivity contribution in [3.63, 3.8) is 0 Å². The lowest BCUT2D eigenvalue weighted by atomic mass is 10.2. The number of aromatic nitrogens is 2. The summed E-state index contributed by atoms with van der Waals surface area (Å²) in [4.78, 5) is 38.7. The molecule has 0 atom stereocenters. The Morgan fingerprint density at radius 3 is 2.55 bits per heavy atom. The third kappa shape index (κ3) is 6.92. The van der Waals surface area contributed by atoms with E-state index in [2.05, 4.69) is 25.1 Å². The average molecular weight is 427 g/mol. The first-order chi connectivity index (χ1) is 15.0. The van der Waals surface area contributed by atoms with Gasteiger partial charge in [0.2, 0.25) is 5.95 Å². The lowest BCUT2D eigenvalue weighted by Gasteiger charge is -2.34. The van der Waals surface area contributed by atoms with Gasteiger partial charge in [-0.15, -0.1) is 0 Å². The smallest absolute Gasteiger partial charge is 0.259 e. The third-order valence-corrected chi connectivity index (χ3v) is 5.10. The Morgan fingerprint density at radius 2 is 1.84 bits per heavy atom. The Bertz CT molecular complexity index is 853. The molecule has 0 saturated carbocycles. The first-order valence-electron chi connectivity index (χ1n) is 10.5. The molecule has 0 bridgehead atoms. The molecule has 3 rings (SSSR count). The molecule has 0 radical (unpaired) electrons. The van der Waals surface area contributed by atoms with E-state index in [4.69, 9.17) is 4.74 Å². The van der Waals surface area contributed by atoms with Crippen LogP contribution in [0.1, 0.15) is 16.8 Å². The van der Waals surface area contributed by atoms with E-state index in [1.54, 1.807) is 50.8 Å². The number of hydrogen-bond acceptors (Lipinski definition) is 7. The fourth-order valence-corrected chi connectivity index (χ4v) is 3.23. The molecule has 0 aliphatic carbocycles. The van der Waals surface area contributed by atoms with Crippen LogP contribution in [0.15, 0.2) is 42.7 Å². The highest BCUT2D eigenvalue weighted by Crippen LogP contribution is 2.14. The maximum Gasteiger partial charge on any atom is 0.259 e. The van der Waals surface area contributed by atoms with Crippen LogP contribution in [0, 0.1) is 0 Å². The number of nitrogens with one attached hydrogen (secondary N) is 1. The fourth-order valence-electron chi connectivity index (χ4n) is 3.23. The summed E-state index contributed by atoms with van der Waals surface area (Å²) in [5, 5.41) is 2.96. The minimum atomic E-state index is -0.143. The standard InChI is InChI=1S/C22H30N6O3/c1-26(2)20(29)17-31-19-7-3-6-18(16-19)21(30)23-10-5-11-27-12-14-28(15-13-27)22-24-8-4-9-25-22/h3-4,6-9,16H,5,10-15,17H2,1-2H3,(H,23,30). The van der Waals surface area contributed by atoms with Gasteiger partial charge in [0.1, 0.15) is 5.75 Å². The molecule has 1 aromatic carbocycles. The number of anilines is 1. The van der Waals surface area contributed by atoms with Gasteiger partial charge in [-0.25, -0.2) is 9.97 Å². The first-order valence-corrected chi connectivity index (χ1v) is 10.5. The van der Waals surface area contributed by atoms with Crippen LogP contribution >= 0.6 is 0 Å². The second-order valence-corrected chi connectivity index (χ2v) is 7.59. The van der Waals surface area contributed by atoms with Crippen LogP contribution in [0.4, 0.5) is 5.95 Å². The SMILES string of the molecule is CN(C)C(=O)COc1cccc(C(=O)NCCCN2CCN(c3ncccn3)CC2)c1. The predicted octanol–water partition coefficient (Wildman–Crippen LogP) is 0.886. The number of piperazine rings is 1. The summed E-state index contributed by atoms with van der Waals surface area (Å²) >= 11 is 0. The van der Waals surface area contributed by atoms with E-state index >= 15 is 0 Å². The van der Waals surface area contributed by atoms with Gasteiger partial charge in [-0.3, -0.25) is 14.5 Å². The minimum Gasteiger partial charge on any atom is -0.484 e. The molecule has 0 spiro atoms. The molecule has 31 heavy (non-hydrogen) atoms. The van der Waals surface area contributed by atoms with Crippen molar-refractivity contribution in [2.45, 2.75) is 6.42 Å². The van der Waals surface area contributed by atoms with Gasteiger partial charge in [0, 0.05) is 64.8 Å². The van der Waals surface area contributed by atoms with Crippen molar-refractivity contribution in [2.24, 2.45) is 0 Å². The zero-order valence-corrected chi connectivity index (χ0v) is 18.2. The topological polar surface area (TPSA) is 90.9 Å². The van der Waals surface area contributed by atoms with Gasteiger partial charge in [0.05, 0.1) is 0 Å². The van der Waals surface area contributed by atoms with Gasteiger partial charge < -0.3 is 19.9 Å². The van der Waals surface area contributed by atoms with E-state index in [-0.39, 0.29) is 18.4 Å². The van der Waals surface area contributed by atoms with E-state index in [1.165, 1.54) is 4.90 Å². The summed E-state index contributed by atoms with van der Waals surface area (Å²) < 4.78 is 5.47. The Morgan fingerprint density at radius 1 is 1.10 bits per heavy atom. The quantitative estimate of drug-likeness (QED) is 0.596. The Hall–Kier alpha value is -3.20. The minimum absolute atomic E-state index is 0.0538. The maximum atomic E-state index is 12.4. The van der Waals surface area contributed by atoms with Crippen LogP contribution in [0.25, 0.3) is 0 Å². The summed E-state index contributed by atoms with van der Waals surface area (Å²) in [5.41, 5.74) is 0.520. The van der Waals surface area contributed by atoms with Crippen molar-refractivity contribution in [3.05, 3.63) is 48.3 Å². The molecule has 1 aromatic heterocycles. The summed E-state index contributed by atoms with van der Waals surface area (Å²) in [6.45, 7) is 5.19. The fraction of sp³-hybridized carbons (Fsp3) is 0.455. The van der Waals surface area contributed by atoms with Crippen molar-refractivity contribution in [1.29, 1.82) is 0 Å². The van der Waals surface area contributed by atoms with Gasteiger partial charge in [-0.05, 0) is 37.2 Å². The van der Waals surface area contributed by atoms with Crippen LogP contribution < -0.4 is 15.0 Å². The molecule has 2 aromatic rings. The summed E-state index contributed by atoms with van der Waals surface area (Å²) in [6, 6.07) is 8.70. The Labute approximate surface area is 183 Å². The monoisotopic (exact) mass is 426 g/mol. The van der Waals surface area contributed by atoms with Crippen molar-refractivity contribution >= 4 is 17.8 Å². The zero-order chi connectivity index (χ0) is 22.1. The second-order valence-electron chi connectivity index (χ2n) is 7.59. The van der Waals surface area contributed by atoms with Crippen LogP contribution in [-0.4, -0.2) is 91.6 Å². The van der Waals surface area contributed by atoms with Crippen molar-refractivity contribution in [2.75, 3.05) is 64.9 Å². The number of likely N-dealkylation sites (N-methyl/N-ethyl adjacent to an activating group) is 1.